The van der Waals surface area contributed by atoms with Crippen molar-refractivity contribution < 1.29 is 14.5 Å². The molecule has 2 aromatic carbocycles. The van der Waals surface area contributed by atoms with E-state index in [2.05, 4.69) is 0 Å². The molecule has 0 spiro atoms. The van der Waals surface area contributed by atoms with E-state index < -0.39 is 4.92 Å². The molecular weight excluding hydrogens is 296 g/mol. The van der Waals surface area contributed by atoms with Crippen molar-refractivity contribution in [1.82, 2.24) is 0 Å². The normalized spacial score (nSPS) is 9.71. The number of carbonyl (C=O) groups is 1. The maximum atomic E-state index is 11.0. The minimum atomic E-state index is -0.665. The third kappa shape index (κ3) is 3.16. The number of ether oxygens (including phenoxy) is 1. The first-order valence-corrected chi connectivity index (χ1v) is 6.04. The Kier molecular flexibility index (Phi) is 4.16. The average Bonchev–Trinajstić information content (AvgIpc) is 2.47. The molecule has 0 saturated heterocycles. The van der Waals surface area contributed by atoms with Gasteiger partial charge in [0.25, 0.3) is 0 Å². The number of aldehydes is 1. The Bertz CT molecular complexity index is 768. The monoisotopic (exact) mass is 302 g/mol. The maximum absolute atomic E-state index is 11.0. The minimum absolute atomic E-state index is 0.0793. The summed E-state index contributed by atoms with van der Waals surface area (Å²) in [6.45, 7) is 0. The number of halogens is 1. The van der Waals surface area contributed by atoms with Crippen LogP contribution in [0.25, 0.3) is 0 Å². The van der Waals surface area contributed by atoms with Crippen LogP contribution in [0.3, 0.4) is 0 Å². The summed E-state index contributed by atoms with van der Waals surface area (Å²) in [6, 6.07) is 9.92. The summed E-state index contributed by atoms with van der Waals surface area (Å²) in [5, 5.41) is 20.1. The molecule has 0 fully saturated rings. The summed E-state index contributed by atoms with van der Waals surface area (Å²) in [5.41, 5.74) is -0.0281. The second kappa shape index (κ2) is 6.03. The van der Waals surface area contributed by atoms with Crippen LogP contribution in [-0.2, 0) is 0 Å². The van der Waals surface area contributed by atoms with E-state index in [1.165, 1.54) is 30.3 Å². The van der Waals surface area contributed by atoms with E-state index in [9.17, 15) is 14.9 Å². The molecule has 6 nitrogen and oxygen atoms in total. The van der Waals surface area contributed by atoms with Gasteiger partial charge in [0, 0.05) is 17.2 Å². The highest BCUT2D eigenvalue weighted by atomic mass is 35.5. The number of hydrogen-bond acceptors (Lipinski definition) is 5. The third-order valence-corrected chi connectivity index (χ3v) is 2.84. The topological polar surface area (TPSA) is 93.2 Å². The smallest absolute Gasteiger partial charge is 0.312 e. The van der Waals surface area contributed by atoms with Crippen LogP contribution in [0, 0.1) is 21.4 Å². The van der Waals surface area contributed by atoms with Gasteiger partial charge in [-0.15, -0.1) is 0 Å². The molecule has 0 amide bonds. The molecule has 0 aliphatic carbocycles. The molecule has 0 aliphatic heterocycles. The Morgan fingerprint density at radius 3 is 2.62 bits per heavy atom. The quantitative estimate of drug-likeness (QED) is 0.487. The average molecular weight is 303 g/mol. The van der Waals surface area contributed by atoms with Gasteiger partial charge in [-0.2, -0.15) is 5.26 Å². The van der Waals surface area contributed by atoms with Crippen LogP contribution in [-0.4, -0.2) is 11.2 Å². The van der Waals surface area contributed by atoms with Crippen LogP contribution in [0.2, 0.25) is 5.02 Å². The molecule has 7 heteroatoms. The van der Waals surface area contributed by atoms with Crippen molar-refractivity contribution in [3.05, 3.63) is 62.7 Å². The molecular formula is C14H7ClN2O4. The second-order valence-corrected chi connectivity index (χ2v) is 4.39. The van der Waals surface area contributed by atoms with E-state index in [4.69, 9.17) is 21.6 Å². The minimum Gasteiger partial charge on any atom is -0.449 e. The van der Waals surface area contributed by atoms with Gasteiger partial charge < -0.3 is 4.74 Å². The second-order valence-electron chi connectivity index (χ2n) is 3.95. The number of nitrogens with zero attached hydrogens (tertiary/aromatic N) is 2. The Morgan fingerprint density at radius 2 is 2.00 bits per heavy atom. The fraction of sp³-hybridized carbons (Fsp3) is 0. The molecule has 104 valence electrons. The number of carbonyl (C=O) groups excluding carboxylic acids is 1. The molecule has 0 unspecified atom stereocenters. The largest absolute Gasteiger partial charge is 0.449 e. The summed E-state index contributed by atoms with van der Waals surface area (Å²) >= 11 is 5.82. The molecule has 0 saturated carbocycles. The fourth-order valence-electron chi connectivity index (χ4n) is 1.63. The molecule has 0 heterocycles. The molecule has 0 aliphatic rings. The zero-order chi connectivity index (χ0) is 15.4. The van der Waals surface area contributed by atoms with Crippen molar-refractivity contribution in [2.75, 3.05) is 0 Å². The van der Waals surface area contributed by atoms with Crippen molar-refractivity contribution in [3.63, 3.8) is 0 Å². The van der Waals surface area contributed by atoms with Gasteiger partial charge in [0.05, 0.1) is 22.1 Å². The molecule has 0 bridgehead atoms. The highest BCUT2D eigenvalue weighted by molar-refractivity contribution is 6.30. The highest BCUT2D eigenvalue weighted by Crippen LogP contribution is 2.34. The van der Waals surface area contributed by atoms with Gasteiger partial charge in [-0.1, -0.05) is 11.6 Å². The first kappa shape index (κ1) is 14.5. The van der Waals surface area contributed by atoms with Crippen LogP contribution < -0.4 is 4.74 Å². The van der Waals surface area contributed by atoms with Crippen LogP contribution in [0.4, 0.5) is 5.69 Å². The molecule has 2 aromatic rings. The third-order valence-electron chi connectivity index (χ3n) is 2.61. The van der Waals surface area contributed by atoms with Crippen LogP contribution >= 0.6 is 11.6 Å². The van der Waals surface area contributed by atoms with Gasteiger partial charge in [0.15, 0.2) is 6.29 Å². The Labute approximate surface area is 124 Å². The van der Waals surface area contributed by atoms with Gasteiger partial charge in [0.2, 0.25) is 5.75 Å². The fourth-order valence-corrected chi connectivity index (χ4v) is 1.79. The van der Waals surface area contributed by atoms with Crippen molar-refractivity contribution >= 4 is 23.6 Å². The summed E-state index contributed by atoms with van der Waals surface area (Å²) in [5.74, 6) is 0.0228. The van der Waals surface area contributed by atoms with Gasteiger partial charge in [0.1, 0.15) is 5.75 Å². The lowest BCUT2D eigenvalue weighted by atomic mass is 10.2. The molecule has 2 rings (SSSR count). The standard InChI is InChI=1S/C14H7ClN2O4/c15-11-3-2-10(8-18)14(6-11)21-13-4-1-9(7-16)5-12(13)17(19)20/h1-6,8H. The molecule has 0 radical (unpaired) electrons. The van der Waals surface area contributed by atoms with Crippen molar-refractivity contribution in [2.45, 2.75) is 0 Å². The van der Waals surface area contributed by atoms with Crippen LogP contribution in [0.1, 0.15) is 15.9 Å². The van der Waals surface area contributed by atoms with Crippen LogP contribution in [0.5, 0.6) is 11.5 Å². The predicted molar refractivity (Wildman–Crippen MR) is 74.7 cm³/mol. The van der Waals surface area contributed by atoms with Crippen molar-refractivity contribution in [2.24, 2.45) is 0 Å². The molecule has 21 heavy (non-hydrogen) atoms. The SMILES string of the molecule is N#Cc1ccc(Oc2cc(Cl)ccc2C=O)c([N+](=O)[O-])c1. The lowest BCUT2D eigenvalue weighted by molar-refractivity contribution is -0.385. The number of nitriles is 1. The number of rotatable bonds is 4. The highest BCUT2D eigenvalue weighted by Gasteiger charge is 2.18. The van der Waals surface area contributed by atoms with E-state index in [1.807, 2.05) is 6.07 Å². The zero-order valence-corrected chi connectivity index (χ0v) is 11.2. The van der Waals surface area contributed by atoms with Gasteiger partial charge >= 0.3 is 5.69 Å². The molecule has 0 aromatic heterocycles. The number of hydrogen-bond donors (Lipinski definition) is 0. The Hall–Kier alpha value is -2.91. The first-order valence-electron chi connectivity index (χ1n) is 5.66. The lowest BCUT2D eigenvalue weighted by Crippen LogP contribution is -1.96. The van der Waals surface area contributed by atoms with Crippen LogP contribution in [0.15, 0.2) is 36.4 Å². The van der Waals surface area contributed by atoms with Gasteiger partial charge in [-0.05, 0) is 24.3 Å². The molecule has 0 N–H and O–H groups in total. The summed E-state index contributed by atoms with van der Waals surface area (Å²) < 4.78 is 5.41. The van der Waals surface area contributed by atoms with E-state index in [-0.39, 0.29) is 28.3 Å². The van der Waals surface area contributed by atoms with Gasteiger partial charge in [-0.3, -0.25) is 14.9 Å². The number of benzene rings is 2. The number of nitro groups is 1. The summed E-state index contributed by atoms with van der Waals surface area (Å²) in [7, 11) is 0. The summed E-state index contributed by atoms with van der Waals surface area (Å²) in [4.78, 5) is 21.3. The predicted octanol–water partition coefficient (Wildman–Crippen LogP) is 3.72. The summed E-state index contributed by atoms with van der Waals surface area (Å²) in [6.07, 6.45) is 0.557. The Morgan fingerprint density at radius 1 is 1.24 bits per heavy atom. The van der Waals surface area contributed by atoms with Crippen molar-refractivity contribution in [3.8, 4) is 17.6 Å². The first-order chi connectivity index (χ1) is 10.0. The van der Waals surface area contributed by atoms with Gasteiger partial charge in [-0.25, -0.2) is 0 Å². The maximum Gasteiger partial charge on any atom is 0.312 e. The van der Waals surface area contributed by atoms with E-state index >= 15 is 0 Å². The molecule has 0 atom stereocenters. The number of nitro benzene ring substituents is 1. The Balaban J connectivity index is 2.49. The van der Waals surface area contributed by atoms with Crippen molar-refractivity contribution in [1.29, 1.82) is 5.26 Å². The van der Waals surface area contributed by atoms with E-state index in [0.29, 0.717) is 11.3 Å². The van der Waals surface area contributed by atoms with E-state index in [1.54, 1.807) is 0 Å². The lowest BCUT2D eigenvalue weighted by Gasteiger charge is -2.08. The van der Waals surface area contributed by atoms with E-state index in [0.717, 1.165) is 6.07 Å². The zero-order valence-electron chi connectivity index (χ0n) is 10.4.